The van der Waals surface area contributed by atoms with Crippen molar-refractivity contribution in [3.63, 3.8) is 0 Å². The molecular weight excluding hydrogens is 224 g/mol. The predicted octanol–water partition coefficient (Wildman–Crippen LogP) is 3.07. The Bertz CT molecular complexity index is 273. The molecular formula is C11H20N2S2. The summed E-state index contributed by atoms with van der Waals surface area (Å²) in [6.45, 7) is 5.21. The zero-order chi connectivity index (χ0) is 11.1. The summed E-state index contributed by atoms with van der Waals surface area (Å²) >= 11 is 3.74. The molecule has 1 atom stereocenters. The van der Waals surface area contributed by atoms with Gasteiger partial charge in [-0.3, -0.25) is 0 Å². The van der Waals surface area contributed by atoms with E-state index in [9.17, 15) is 0 Å². The van der Waals surface area contributed by atoms with E-state index < -0.39 is 0 Å². The molecule has 1 aromatic rings. The molecule has 0 amide bonds. The molecule has 1 heterocycles. The molecule has 1 unspecified atom stereocenters. The van der Waals surface area contributed by atoms with E-state index in [4.69, 9.17) is 5.73 Å². The first-order chi connectivity index (χ1) is 7.26. The lowest BCUT2D eigenvalue weighted by Crippen LogP contribution is -2.07. The van der Waals surface area contributed by atoms with Gasteiger partial charge in [0.1, 0.15) is 0 Å². The van der Waals surface area contributed by atoms with Gasteiger partial charge in [0.25, 0.3) is 0 Å². The molecule has 0 aliphatic heterocycles. The third-order valence-electron chi connectivity index (χ3n) is 2.15. The van der Waals surface area contributed by atoms with Crippen LogP contribution in [0.25, 0.3) is 0 Å². The lowest BCUT2D eigenvalue weighted by Gasteiger charge is -2.07. The van der Waals surface area contributed by atoms with E-state index in [2.05, 4.69) is 24.2 Å². The Kier molecular flexibility index (Phi) is 6.29. The van der Waals surface area contributed by atoms with Crippen LogP contribution in [-0.2, 0) is 12.2 Å². The fourth-order valence-electron chi connectivity index (χ4n) is 1.29. The van der Waals surface area contributed by atoms with Gasteiger partial charge in [0.15, 0.2) is 0 Å². The van der Waals surface area contributed by atoms with Crippen LogP contribution >= 0.6 is 23.1 Å². The molecule has 0 bridgehead atoms. The number of aromatic nitrogens is 1. The summed E-state index contributed by atoms with van der Waals surface area (Å²) in [4.78, 5) is 4.60. The summed E-state index contributed by atoms with van der Waals surface area (Å²) in [6, 6.07) is 0. The molecule has 0 fully saturated rings. The lowest BCUT2D eigenvalue weighted by molar-refractivity contribution is 0.822. The van der Waals surface area contributed by atoms with Crippen molar-refractivity contribution in [1.82, 2.24) is 4.98 Å². The van der Waals surface area contributed by atoms with Crippen LogP contribution in [0.5, 0.6) is 0 Å². The number of aryl methyl sites for hydroxylation is 1. The van der Waals surface area contributed by atoms with Gasteiger partial charge < -0.3 is 5.73 Å². The van der Waals surface area contributed by atoms with E-state index in [1.54, 1.807) is 11.3 Å². The van der Waals surface area contributed by atoms with Gasteiger partial charge in [-0.1, -0.05) is 13.8 Å². The average molecular weight is 244 g/mol. The Morgan fingerprint density at radius 2 is 2.40 bits per heavy atom. The molecule has 0 saturated heterocycles. The molecule has 86 valence electrons. The van der Waals surface area contributed by atoms with Crippen molar-refractivity contribution in [1.29, 1.82) is 0 Å². The van der Waals surface area contributed by atoms with E-state index >= 15 is 0 Å². The first-order valence-corrected chi connectivity index (χ1v) is 7.44. The van der Waals surface area contributed by atoms with Crippen LogP contribution in [0.15, 0.2) is 5.38 Å². The second-order valence-electron chi connectivity index (χ2n) is 3.68. The molecule has 15 heavy (non-hydrogen) atoms. The first kappa shape index (κ1) is 13.0. The molecule has 0 aliphatic carbocycles. The Labute approximate surface area is 101 Å². The predicted molar refractivity (Wildman–Crippen MR) is 70.5 cm³/mol. The maximum atomic E-state index is 5.52. The normalized spacial score (nSPS) is 13.0. The summed E-state index contributed by atoms with van der Waals surface area (Å²) < 4.78 is 0. The number of rotatable bonds is 7. The third-order valence-corrected chi connectivity index (χ3v) is 4.38. The Balaban J connectivity index is 2.30. The summed E-state index contributed by atoms with van der Waals surface area (Å²) in [5.74, 6) is 1.03. The Morgan fingerprint density at radius 3 is 3.07 bits per heavy atom. The summed E-state index contributed by atoms with van der Waals surface area (Å²) in [5.41, 5.74) is 6.75. The number of thiazole rings is 1. The van der Waals surface area contributed by atoms with E-state index in [0.29, 0.717) is 5.25 Å². The largest absolute Gasteiger partial charge is 0.330 e. The monoisotopic (exact) mass is 244 g/mol. The van der Waals surface area contributed by atoms with Crippen molar-refractivity contribution in [3.05, 3.63) is 16.1 Å². The van der Waals surface area contributed by atoms with Crippen molar-refractivity contribution in [2.45, 2.75) is 44.1 Å². The maximum Gasteiger partial charge on any atom is 0.0928 e. The Morgan fingerprint density at radius 1 is 1.60 bits per heavy atom. The van der Waals surface area contributed by atoms with Gasteiger partial charge in [0.05, 0.1) is 10.7 Å². The van der Waals surface area contributed by atoms with Crippen LogP contribution in [0.3, 0.4) is 0 Å². The molecule has 4 heteroatoms. The van der Waals surface area contributed by atoms with E-state index in [1.807, 2.05) is 11.8 Å². The zero-order valence-electron chi connectivity index (χ0n) is 9.53. The van der Waals surface area contributed by atoms with E-state index in [1.165, 1.54) is 17.1 Å². The molecule has 0 spiro atoms. The molecule has 0 aliphatic rings. The SMILES string of the molecule is CCCc1nc(CSC(C)CCN)cs1. The van der Waals surface area contributed by atoms with Crippen molar-refractivity contribution in [2.24, 2.45) is 5.73 Å². The van der Waals surface area contributed by atoms with Crippen LogP contribution in [0.2, 0.25) is 0 Å². The summed E-state index contributed by atoms with van der Waals surface area (Å²) in [7, 11) is 0. The molecule has 2 nitrogen and oxygen atoms in total. The second-order valence-corrected chi connectivity index (χ2v) is 6.05. The maximum absolute atomic E-state index is 5.52. The van der Waals surface area contributed by atoms with Gasteiger partial charge >= 0.3 is 0 Å². The summed E-state index contributed by atoms with van der Waals surface area (Å²) in [6.07, 6.45) is 3.40. The minimum Gasteiger partial charge on any atom is -0.330 e. The van der Waals surface area contributed by atoms with Crippen molar-refractivity contribution < 1.29 is 0 Å². The van der Waals surface area contributed by atoms with Gasteiger partial charge in [-0.2, -0.15) is 11.8 Å². The van der Waals surface area contributed by atoms with Crippen LogP contribution in [0, 0.1) is 0 Å². The molecule has 0 saturated carbocycles. The van der Waals surface area contributed by atoms with Crippen LogP contribution in [-0.4, -0.2) is 16.8 Å². The molecule has 1 aromatic heterocycles. The highest BCUT2D eigenvalue weighted by Gasteiger charge is 2.05. The molecule has 2 N–H and O–H groups in total. The van der Waals surface area contributed by atoms with Crippen molar-refractivity contribution in [3.8, 4) is 0 Å². The molecule has 1 rings (SSSR count). The summed E-state index contributed by atoms with van der Waals surface area (Å²) in [5, 5.41) is 4.11. The first-order valence-electron chi connectivity index (χ1n) is 5.51. The fraction of sp³-hybridized carbons (Fsp3) is 0.727. The van der Waals surface area contributed by atoms with Crippen molar-refractivity contribution >= 4 is 23.1 Å². The zero-order valence-corrected chi connectivity index (χ0v) is 11.2. The van der Waals surface area contributed by atoms with Gasteiger partial charge in [-0.05, 0) is 25.8 Å². The lowest BCUT2D eigenvalue weighted by atomic mass is 10.3. The van der Waals surface area contributed by atoms with Gasteiger partial charge in [-0.15, -0.1) is 11.3 Å². The smallest absolute Gasteiger partial charge is 0.0928 e. The fourth-order valence-corrected chi connectivity index (χ4v) is 3.20. The topological polar surface area (TPSA) is 38.9 Å². The van der Waals surface area contributed by atoms with E-state index in [0.717, 1.165) is 25.1 Å². The van der Waals surface area contributed by atoms with E-state index in [-0.39, 0.29) is 0 Å². The number of nitrogens with zero attached hydrogens (tertiary/aromatic N) is 1. The Hall–Kier alpha value is -0.0600. The minimum atomic E-state index is 0.645. The van der Waals surface area contributed by atoms with Gasteiger partial charge in [0.2, 0.25) is 0 Å². The molecule has 0 aromatic carbocycles. The average Bonchev–Trinajstić information content (AvgIpc) is 2.64. The van der Waals surface area contributed by atoms with Crippen LogP contribution in [0.1, 0.15) is 37.4 Å². The van der Waals surface area contributed by atoms with Gasteiger partial charge in [-0.25, -0.2) is 4.98 Å². The highest BCUT2D eigenvalue weighted by atomic mass is 32.2. The number of nitrogens with two attached hydrogens (primary N) is 1. The number of thioether (sulfide) groups is 1. The number of hydrogen-bond donors (Lipinski definition) is 1. The van der Waals surface area contributed by atoms with Crippen molar-refractivity contribution in [2.75, 3.05) is 6.54 Å². The minimum absolute atomic E-state index is 0.645. The molecule has 0 radical (unpaired) electrons. The number of hydrogen-bond acceptors (Lipinski definition) is 4. The standard InChI is InChI=1S/C11H20N2S2/c1-3-4-11-13-10(8-15-11)7-14-9(2)5-6-12/h8-9H,3-7,12H2,1-2H3. The van der Waals surface area contributed by atoms with Gasteiger partial charge in [0, 0.05) is 16.4 Å². The highest BCUT2D eigenvalue weighted by Crippen LogP contribution is 2.21. The van der Waals surface area contributed by atoms with Crippen LogP contribution < -0.4 is 5.73 Å². The van der Waals surface area contributed by atoms with Crippen LogP contribution in [0.4, 0.5) is 0 Å². The third kappa shape index (κ3) is 5.00. The highest BCUT2D eigenvalue weighted by molar-refractivity contribution is 7.99. The second kappa shape index (κ2) is 7.25. The quantitative estimate of drug-likeness (QED) is 0.801.